The average molecular weight is 316 g/mol. The second-order valence-electron chi connectivity index (χ2n) is 7.39. The Balaban J connectivity index is 1.43. The van der Waals surface area contributed by atoms with Crippen molar-refractivity contribution in [2.24, 2.45) is 5.92 Å². The molecule has 0 radical (unpaired) electrons. The second kappa shape index (κ2) is 7.02. The molecule has 0 unspecified atom stereocenters. The van der Waals surface area contributed by atoms with Crippen molar-refractivity contribution in [1.82, 2.24) is 10.2 Å². The highest BCUT2D eigenvalue weighted by atomic mass is 16.4. The predicted octanol–water partition coefficient (Wildman–Crippen LogP) is 2.72. The zero-order valence-electron chi connectivity index (χ0n) is 14.2. The van der Waals surface area contributed by atoms with Crippen LogP contribution >= 0.6 is 0 Å². The number of hydrogen-bond acceptors (Lipinski definition) is 3. The van der Waals surface area contributed by atoms with Crippen LogP contribution in [0.15, 0.2) is 18.2 Å². The van der Waals surface area contributed by atoms with Crippen molar-refractivity contribution < 1.29 is 9.90 Å². The predicted molar refractivity (Wildman–Crippen MR) is 91.5 cm³/mol. The number of aryl methyl sites for hydroxylation is 2. The summed E-state index contributed by atoms with van der Waals surface area (Å²) in [5.41, 5.74) is 4.01. The van der Waals surface area contributed by atoms with Crippen molar-refractivity contribution in [3.8, 4) is 0 Å². The minimum Gasteiger partial charge on any atom is -0.480 e. The van der Waals surface area contributed by atoms with Gasteiger partial charge in [-0.15, -0.1) is 0 Å². The van der Waals surface area contributed by atoms with Crippen molar-refractivity contribution in [3.63, 3.8) is 0 Å². The van der Waals surface area contributed by atoms with Gasteiger partial charge in [0.25, 0.3) is 0 Å². The highest BCUT2D eigenvalue weighted by Gasteiger charge is 2.36. The lowest BCUT2D eigenvalue weighted by atomic mass is 9.85. The summed E-state index contributed by atoms with van der Waals surface area (Å²) in [4.78, 5) is 13.2. The Kier molecular flexibility index (Phi) is 5.02. The normalized spacial score (nSPS) is 23.8. The van der Waals surface area contributed by atoms with Crippen molar-refractivity contribution in [2.45, 2.75) is 58.2 Å². The van der Waals surface area contributed by atoms with E-state index in [1.54, 1.807) is 0 Å². The van der Waals surface area contributed by atoms with Gasteiger partial charge in [-0.25, -0.2) is 0 Å². The Bertz CT molecular complexity index is 562. The van der Waals surface area contributed by atoms with Gasteiger partial charge in [0.05, 0.1) is 6.54 Å². The Labute approximate surface area is 138 Å². The van der Waals surface area contributed by atoms with Gasteiger partial charge in [0.15, 0.2) is 0 Å². The van der Waals surface area contributed by atoms with Crippen LogP contribution in [0.1, 0.15) is 42.4 Å². The van der Waals surface area contributed by atoms with Crippen LogP contribution in [0.4, 0.5) is 0 Å². The first-order chi connectivity index (χ1) is 11.0. The molecule has 2 aliphatic carbocycles. The van der Waals surface area contributed by atoms with Gasteiger partial charge < -0.3 is 10.4 Å². The molecule has 1 aromatic rings. The molecule has 2 aliphatic rings. The Hall–Kier alpha value is -1.39. The fourth-order valence-electron chi connectivity index (χ4n) is 3.38. The fraction of sp³-hybridized carbons (Fsp3) is 0.632. The van der Waals surface area contributed by atoms with Crippen molar-refractivity contribution in [2.75, 3.05) is 13.1 Å². The number of carboxylic acids is 1. The number of carboxylic acid groups (broad SMARTS) is 1. The maximum absolute atomic E-state index is 11.1. The van der Waals surface area contributed by atoms with Gasteiger partial charge in [0.2, 0.25) is 0 Å². The quantitative estimate of drug-likeness (QED) is 0.774. The maximum atomic E-state index is 11.1. The number of benzene rings is 1. The van der Waals surface area contributed by atoms with Crippen LogP contribution in [0.3, 0.4) is 0 Å². The van der Waals surface area contributed by atoms with E-state index >= 15 is 0 Å². The van der Waals surface area contributed by atoms with Crippen LogP contribution in [0.2, 0.25) is 0 Å². The van der Waals surface area contributed by atoms with Gasteiger partial charge in [-0.3, -0.25) is 9.69 Å². The van der Waals surface area contributed by atoms with E-state index in [-0.39, 0.29) is 6.54 Å². The summed E-state index contributed by atoms with van der Waals surface area (Å²) in [5, 5.41) is 12.7. The molecule has 0 bridgehead atoms. The molecule has 1 aromatic carbocycles. The van der Waals surface area contributed by atoms with Crippen molar-refractivity contribution >= 4 is 5.97 Å². The summed E-state index contributed by atoms with van der Waals surface area (Å²) in [6.45, 7) is 6.37. The SMILES string of the molecule is Cc1ccc(CNC2CC(N(CC(=O)O)CC3CC3)C2)cc1C. The zero-order valence-corrected chi connectivity index (χ0v) is 14.2. The number of nitrogens with zero attached hydrogens (tertiary/aromatic N) is 1. The monoisotopic (exact) mass is 316 g/mol. The first kappa shape index (κ1) is 16.5. The number of rotatable bonds is 8. The van der Waals surface area contributed by atoms with Crippen LogP contribution in [0.5, 0.6) is 0 Å². The third-order valence-electron chi connectivity index (χ3n) is 5.32. The average Bonchev–Trinajstić information content (AvgIpc) is 3.24. The summed E-state index contributed by atoms with van der Waals surface area (Å²) >= 11 is 0. The number of hydrogen-bond donors (Lipinski definition) is 2. The summed E-state index contributed by atoms with van der Waals surface area (Å²) in [5.74, 6) is 0.0501. The van der Waals surface area contributed by atoms with Gasteiger partial charge in [-0.05, 0) is 62.1 Å². The number of nitrogens with one attached hydrogen (secondary N) is 1. The smallest absolute Gasteiger partial charge is 0.317 e. The second-order valence-corrected chi connectivity index (χ2v) is 7.39. The van der Waals surface area contributed by atoms with E-state index in [9.17, 15) is 4.79 Å². The molecule has 3 rings (SSSR count). The summed E-state index contributed by atoms with van der Waals surface area (Å²) in [7, 11) is 0. The maximum Gasteiger partial charge on any atom is 0.317 e. The Morgan fingerprint density at radius 3 is 2.61 bits per heavy atom. The lowest BCUT2D eigenvalue weighted by molar-refractivity contribution is -0.139. The molecule has 0 aliphatic heterocycles. The molecule has 0 heterocycles. The van der Waals surface area contributed by atoms with Gasteiger partial charge in [-0.1, -0.05) is 18.2 Å². The molecule has 4 heteroatoms. The largest absolute Gasteiger partial charge is 0.480 e. The standard InChI is InChI=1S/C19H28N2O2/c1-13-3-4-16(7-14(13)2)10-20-17-8-18(9-17)21(12-19(22)23)11-15-5-6-15/h3-4,7,15,17-18,20H,5-6,8-12H2,1-2H3,(H,22,23). The number of carbonyl (C=O) groups is 1. The van der Waals surface area contributed by atoms with E-state index in [0.717, 1.165) is 31.8 Å². The topological polar surface area (TPSA) is 52.6 Å². The van der Waals surface area contributed by atoms with E-state index in [2.05, 4.69) is 42.3 Å². The molecule has 0 aromatic heterocycles. The molecule has 0 amide bonds. The van der Waals surface area contributed by atoms with Gasteiger partial charge in [0.1, 0.15) is 0 Å². The lowest BCUT2D eigenvalue weighted by Crippen LogP contribution is -2.54. The van der Waals surface area contributed by atoms with E-state index in [0.29, 0.717) is 12.1 Å². The molecule has 2 N–H and O–H groups in total. The van der Waals surface area contributed by atoms with Crippen molar-refractivity contribution in [3.05, 3.63) is 34.9 Å². The summed E-state index contributed by atoms with van der Waals surface area (Å²) in [6.07, 6.45) is 4.70. The molecular formula is C19H28N2O2. The first-order valence-electron chi connectivity index (χ1n) is 8.76. The van der Waals surface area contributed by atoms with Crippen molar-refractivity contribution in [1.29, 1.82) is 0 Å². The fourth-order valence-corrected chi connectivity index (χ4v) is 3.38. The minimum absolute atomic E-state index is 0.199. The Morgan fingerprint density at radius 1 is 1.26 bits per heavy atom. The summed E-state index contributed by atoms with van der Waals surface area (Å²) in [6, 6.07) is 7.60. The lowest BCUT2D eigenvalue weighted by Gasteiger charge is -2.43. The first-order valence-corrected chi connectivity index (χ1v) is 8.76. The molecule has 0 saturated heterocycles. The number of aliphatic carboxylic acids is 1. The van der Waals surface area contributed by atoms with E-state index in [1.807, 2.05) is 0 Å². The van der Waals surface area contributed by atoms with E-state index in [1.165, 1.54) is 29.5 Å². The van der Waals surface area contributed by atoms with Crippen LogP contribution < -0.4 is 5.32 Å². The van der Waals surface area contributed by atoms with Crippen LogP contribution in [-0.4, -0.2) is 41.1 Å². The van der Waals surface area contributed by atoms with E-state index < -0.39 is 5.97 Å². The molecule has 0 atom stereocenters. The molecule has 126 valence electrons. The van der Waals surface area contributed by atoms with Gasteiger partial charge >= 0.3 is 5.97 Å². The highest BCUT2D eigenvalue weighted by Crippen LogP contribution is 2.33. The third-order valence-corrected chi connectivity index (χ3v) is 5.32. The van der Waals surface area contributed by atoms with Gasteiger partial charge in [-0.2, -0.15) is 0 Å². The molecule has 2 saturated carbocycles. The van der Waals surface area contributed by atoms with Gasteiger partial charge in [0, 0.05) is 25.2 Å². The third kappa shape index (κ3) is 4.55. The van der Waals surface area contributed by atoms with E-state index in [4.69, 9.17) is 5.11 Å². The molecule has 23 heavy (non-hydrogen) atoms. The highest BCUT2D eigenvalue weighted by molar-refractivity contribution is 5.69. The zero-order chi connectivity index (χ0) is 16.4. The molecule has 0 spiro atoms. The molecular weight excluding hydrogens is 288 g/mol. The molecule has 4 nitrogen and oxygen atoms in total. The summed E-state index contributed by atoms with van der Waals surface area (Å²) < 4.78 is 0. The minimum atomic E-state index is -0.697. The Morgan fingerprint density at radius 2 is 2.00 bits per heavy atom. The van der Waals surface area contributed by atoms with Crippen LogP contribution in [-0.2, 0) is 11.3 Å². The molecule has 2 fully saturated rings. The van der Waals surface area contributed by atoms with Crippen LogP contribution in [0.25, 0.3) is 0 Å². The van der Waals surface area contributed by atoms with Crippen LogP contribution in [0, 0.1) is 19.8 Å².